The molecular formula is C13H16ClNO3. The summed E-state index contributed by atoms with van der Waals surface area (Å²) in [6.45, 7) is 5.26. The van der Waals surface area contributed by atoms with Crippen molar-refractivity contribution < 1.29 is 14.7 Å². The smallest absolute Gasteiger partial charge is 0.335 e. The van der Waals surface area contributed by atoms with E-state index in [1.165, 1.54) is 12.1 Å². The summed E-state index contributed by atoms with van der Waals surface area (Å²) < 4.78 is 0. The molecule has 18 heavy (non-hydrogen) atoms. The Kier molecular flexibility index (Phi) is 4.35. The van der Waals surface area contributed by atoms with Gasteiger partial charge in [-0.1, -0.05) is 6.07 Å². The predicted octanol–water partition coefficient (Wildman–Crippen LogP) is 2.90. The zero-order valence-corrected chi connectivity index (χ0v) is 11.3. The standard InChI is InChI=1S/C13H16ClNO3/c1-8-4-5-9(11(16)17)6-10(8)15-12(18)13(2,3)7-14/h4-6H,7H2,1-3H3,(H,15,18)(H,16,17). The lowest BCUT2D eigenvalue weighted by atomic mass is 9.95. The Labute approximate surface area is 111 Å². The third-order valence-electron chi connectivity index (χ3n) is 2.68. The van der Waals surface area contributed by atoms with Gasteiger partial charge in [0.2, 0.25) is 5.91 Å². The molecule has 0 heterocycles. The molecule has 0 aliphatic carbocycles. The highest BCUT2D eigenvalue weighted by molar-refractivity contribution is 6.20. The van der Waals surface area contributed by atoms with Crippen LogP contribution in [0.1, 0.15) is 29.8 Å². The zero-order chi connectivity index (χ0) is 13.9. The molecule has 1 aromatic carbocycles. The van der Waals surface area contributed by atoms with Crippen molar-refractivity contribution >= 4 is 29.2 Å². The maximum Gasteiger partial charge on any atom is 0.335 e. The summed E-state index contributed by atoms with van der Waals surface area (Å²) in [6, 6.07) is 4.60. The summed E-state index contributed by atoms with van der Waals surface area (Å²) in [5.41, 5.74) is 0.740. The molecule has 0 aromatic heterocycles. The van der Waals surface area contributed by atoms with Crippen molar-refractivity contribution in [1.29, 1.82) is 0 Å². The normalized spacial score (nSPS) is 11.1. The van der Waals surface area contributed by atoms with Gasteiger partial charge in [0, 0.05) is 11.6 Å². The number of anilines is 1. The van der Waals surface area contributed by atoms with E-state index < -0.39 is 11.4 Å². The van der Waals surface area contributed by atoms with E-state index in [4.69, 9.17) is 16.7 Å². The Balaban J connectivity index is 3.01. The number of amides is 1. The van der Waals surface area contributed by atoms with Gasteiger partial charge in [0.15, 0.2) is 0 Å². The molecule has 0 saturated heterocycles. The van der Waals surface area contributed by atoms with Gasteiger partial charge in [-0.3, -0.25) is 4.79 Å². The monoisotopic (exact) mass is 269 g/mol. The number of hydrogen-bond donors (Lipinski definition) is 2. The van der Waals surface area contributed by atoms with Crippen LogP contribution in [-0.4, -0.2) is 22.9 Å². The van der Waals surface area contributed by atoms with Crippen molar-refractivity contribution in [2.24, 2.45) is 5.41 Å². The topological polar surface area (TPSA) is 66.4 Å². The van der Waals surface area contributed by atoms with Crippen molar-refractivity contribution in [3.63, 3.8) is 0 Å². The van der Waals surface area contributed by atoms with E-state index in [-0.39, 0.29) is 17.4 Å². The number of hydrogen-bond acceptors (Lipinski definition) is 2. The number of benzene rings is 1. The summed E-state index contributed by atoms with van der Waals surface area (Å²) in [4.78, 5) is 22.8. The van der Waals surface area contributed by atoms with E-state index in [9.17, 15) is 9.59 Å². The molecule has 1 rings (SSSR count). The van der Waals surface area contributed by atoms with Crippen LogP contribution in [0.3, 0.4) is 0 Å². The third kappa shape index (κ3) is 3.23. The van der Waals surface area contributed by atoms with Gasteiger partial charge < -0.3 is 10.4 Å². The second-order valence-corrected chi connectivity index (χ2v) is 5.07. The molecule has 0 saturated carbocycles. The van der Waals surface area contributed by atoms with Crippen LogP contribution in [0, 0.1) is 12.3 Å². The van der Waals surface area contributed by atoms with Crippen LogP contribution in [0.4, 0.5) is 5.69 Å². The van der Waals surface area contributed by atoms with Crippen LogP contribution in [0.2, 0.25) is 0 Å². The summed E-state index contributed by atoms with van der Waals surface area (Å²) in [5, 5.41) is 11.6. The van der Waals surface area contributed by atoms with E-state index in [1.54, 1.807) is 26.8 Å². The molecule has 4 nitrogen and oxygen atoms in total. The minimum atomic E-state index is -1.03. The molecule has 0 radical (unpaired) electrons. The highest BCUT2D eigenvalue weighted by Gasteiger charge is 2.26. The third-order valence-corrected chi connectivity index (χ3v) is 3.35. The quantitative estimate of drug-likeness (QED) is 0.826. The predicted molar refractivity (Wildman–Crippen MR) is 71.3 cm³/mol. The number of carbonyl (C=O) groups is 2. The van der Waals surface area contributed by atoms with Crippen LogP contribution in [-0.2, 0) is 4.79 Å². The van der Waals surface area contributed by atoms with Gasteiger partial charge >= 0.3 is 5.97 Å². The molecular weight excluding hydrogens is 254 g/mol. The second kappa shape index (κ2) is 5.40. The van der Waals surface area contributed by atoms with E-state index in [2.05, 4.69) is 5.32 Å². The number of carboxylic acid groups (broad SMARTS) is 1. The molecule has 0 spiro atoms. The second-order valence-electron chi connectivity index (χ2n) is 4.81. The van der Waals surface area contributed by atoms with E-state index >= 15 is 0 Å². The van der Waals surface area contributed by atoms with E-state index in [1.807, 2.05) is 0 Å². The number of aryl methyl sites for hydroxylation is 1. The minimum Gasteiger partial charge on any atom is -0.478 e. The van der Waals surface area contributed by atoms with Crippen molar-refractivity contribution in [2.75, 3.05) is 11.2 Å². The molecule has 1 aromatic rings. The van der Waals surface area contributed by atoms with E-state index in [0.717, 1.165) is 5.56 Å². The van der Waals surface area contributed by atoms with Crippen LogP contribution >= 0.6 is 11.6 Å². The Morgan fingerprint density at radius 3 is 2.50 bits per heavy atom. The van der Waals surface area contributed by atoms with Gasteiger partial charge in [0.05, 0.1) is 11.0 Å². The van der Waals surface area contributed by atoms with Crippen molar-refractivity contribution in [2.45, 2.75) is 20.8 Å². The Bertz CT molecular complexity index is 483. The number of rotatable bonds is 4. The molecule has 0 unspecified atom stereocenters. The Morgan fingerprint density at radius 1 is 1.39 bits per heavy atom. The van der Waals surface area contributed by atoms with Gasteiger partial charge in [0.1, 0.15) is 0 Å². The first-order valence-electron chi connectivity index (χ1n) is 5.49. The average Bonchev–Trinajstić information content (AvgIpc) is 2.31. The zero-order valence-electron chi connectivity index (χ0n) is 10.6. The molecule has 0 fully saturated rings. The summed E-state index contributed by atoms with van der Waals surface area (Å²) >= 11 is 5.72. The summed E-state index contributed by atoms with van der Waals surface area (Å²) in [6.07, 6.45) is 0. The highest BCUT2D eigenvalue weighted by atomic mass is 35.5. The first-order valence-corrected chi connectivity index (χ1v) is 6.03. The molecule has 0 aliphatic heterocycles. The van der Waals surface area contributed by atoms with E-state index in [0.29, 0.717) is 5.69 Å². The lowest BCUT2D eigenvalue weighted by molar-refractivity contribution is -0.122. The lowest BCUT2D eigenvalue weighted by Gasteiger charge is -2.21. The first-order chi connectivity index (χ1) is 8.27. The maximum absolute atomic E-state index is 12.0. The number of alkyl halides is 1. The van der Waals surface area contributed by atoms with Crippen molar-refractivity contribution in [1.82, 2.24) is 0 Å². The Hall–Kier alpha value is -1.55. The fraction of sp³-hybridized carbons (Fsp3) is 0.385. The molecule has 2 N–H and O–H groups in total. The van der Waals surface area contributed by atoms with Crippen LogP contribution in [0.5, 0.6) is 0 Å². The largest absolute Gasteiger partial charge is 0.478 e. The molecule has 5 heteroatoms. The minimum absolute atomic E-state index is 0.138. The SMILES string of the molecule is Cc1ccc(C(=O)O)cc1NC(=O)C(C)(C)CCl. The molecule has 0 aliphatic rings. The fourth-order valence-electron chi connectivity index (χ4n) is 1.24. The van der Waals surface area contributed by atoms with Crippen molar-refractivity contribution in [3.05, 3.63) is 29.3 Å². The summed E-state index contributed by atoms with van der Waals surface area (Å²) in [7, 11) is 0. The maximum atomic E-state index is 12.0. The lowest BCUT2D eigenvalue weighted by Crippen LogP contribution is -2.32. The van der Waals surface area contributed by atoms with Crippen LogP contribution in [0.25, 0.3) is 0 Å². The molecule has 98 valence electrons. The number of carboxylic acids is 1. The molecule has 1 amide bonds. The molecule has 0 bridgehead atoms. The average molecular weight is 270 g/mol. The summed E-state index contributed by atoms with van der Waals surface area (Å²) in [5.74, 6) is -1.07. The number of halogens is 1. The molecule has 0 atom stereocenters. The van der Waals surface area contributed by atoms with Crippen molar-refractivity contribution in [3.8, 4) is 0 Å². The van der Waals surface area contributed by atoms with Gasteiger partial charge in [-0.15, -0.1) is 11.6 Å². The van der Waals surface area contributed by atoms with Crippen LogP contribution < -0.4 is 5.32 Å². The number of nitrogens with one attached hydrogen (secondary N) is 1. The highest BCUT2D eigenvalue weighted by Crippen LogP contribution is 2.23. The number of carbonyl (C=O) groups excluding carboxylic acids is 1. The van der Waals surface area contributed by atoms with Gasteiger partial charge in [-0.25, -0.2) is 4.79 Å². The Morgan fingerprint density at radius 2 is 2.00 bits per heavy atom. The van der Waals surface area contributed by atoms with Crippen LogP contribution in [0.15, 0.2) is 18.2 Å². The van der Waals surface area contributed by atoms with Gasteiger partial charge in [-0.2, -0.15) is 0 Å². The van der Waals surface area contributed by atoms with Gasteiger partial charge in [-0.05, 0) is 38.5 Å². The number of aromatic carboxylic acids is 1. The first kappa shape index (κ1) is 14.5. The van der Waals surface area contributed by atoms with Gasteiger partial charge in [0.25, 0.3) is 0 Å². The fourth-order valence-corrected chi connectivity index (χ4v) is 1.36.